The smallest absolute Gasteiger partial charge is 0.407 e. The zero-order valence-corrected chi connectivity index (χ0v) is 16.2. The Bertz CT molecular complexity index is 808. The fourth-order valence-corrected chi connectivity index (χ4v) is 2.63. The molecule has 0 spiro atoms. The first-order valence-electron chi connectivity index (χ1n) is 8.87. The molecule has 13 nitrogen and oxygen atoms in total. The van der Waals surface area contributed by atoms with Crippen molar-refractivity contribution in [1.29, 1.82) is 0 Å². The Morgan fingerprint density at radius 1 is 1.26 bits per heavy atom. The maximum Gasteiger partial charge on any atom is 0.407 e. The number of alkyl halides is 1. The molecule has 1 saturated heterocycles. The number of nitro groups is 1. The summed E-state index contributed by atoms with van der Waals surface area (Å²) in [6.07, 6.45) is -9.91. The minimum absolute atomic E-state index is 0.197. The molecule has 1 fully saturated rings. The monoisotopic (exact) mass is 447 g/mol. The van der Waals surface area contributed by atoms with Crippen LogP contribution in [0.15, 0.2) is 18.2 Å². The van der Waals surface area contributed by atoms with Crippen LogP contribution < -0.4 is 10.1 Å². The number of aliphatic hydroxyl groups is 3. The van der Waals surface area contributed by atoms with Crippen LogP contribution in [0.5, 0.6) is 5.75 Å². The highest BCUT2D eigenvalue weighted by atomic mass is 18.2. The third-order valence-electron chi connectivity index (χ3n) is 4.20. The second-order valence-corrected chi connectivity index (χ2v) is 6.29. The van der Waals surface area contributed by atoms with Crippen LogP contribution >= 0.6 is 0 Å². The number of nitrogens with one attached hydrogen (secondary N) is 1. The van der Waals surface area contributed by atoms with Gasteiger partial charge in [0.1, 0.15) is 31.6 Å². The SMILES string of the molecule is COC(=O)C1OC(Oc2ccc(COC(=O)NCC[18F])cc2[N+](=O)[O-])C(O)C(O)C1O. The van der Waals surface area contributed by atoms with Gasteiger partial charge in [-0.2, -0.15) is 0 Å². The Hall–Kier alpha value is -3.07. The minimum Gasteiger partial charge on any atom is -0.467 e. The first kappa shape index (κ1) is 24.2. The number of ether oxygens (including phenoxy) is 4. The molecule has 1 aliphatic rings. The second-order valence-electron chi connectivity index (χ2n) is 6.29. The van der Waals surface area contributed by atoms with Crippen molar-refractivity contribution in [2.75, 3.05) is 20.3 Å². The van der Waals surface area contributed by atoms with E-state index in [2.05, 4.69) is 10.1 Å². The molecule has 5 atom stereocenters. The molecule has 0 saturated carbocycles. The van der Waals surface area contributed by atoms with Crippen LogP contribution in [0.4, 0.5) is 14.9 Å². The van der Waals surface area contributed by atoms with Crippen molar-refractivity contribution in [3.05, 3.63) is 33.9 Å². The summed E-state index contributed by atoms with van der Waals surface area (Å²) in [4.78, 5) is 33.6. The molecule has 0 aliphatic carbocycles. The number of hydrogen-bond acceptors (Lipinski definition) is 11. The Morgan fingerprint density at radius 2 is 1.97 bits per heavy atom. The van der Waals surface area contributed by atoms with Gasteiger partial charge in [-0.15, -0.1) is 0 Å². The highest BCUT2D eigenvalue weighted by molar-refractivity contribution is 5.75. The van der Waals surface area contributed by atoms with E-state index in [-0.39, 0.29) is 18.7 Å². The van der Waals surface area contributed by atoms with Crippen LogP contribution in [0.1, 0.15) is 5.56 Å². The van der Waals surface area contributed by atoms with Crippen molar-refractivity contribution in [3.8, 4) is 5.75 Å². The second kappa shape index (κ2) is 10.8. The maximum absolute atomic E-state index is 12.0. The van der Waals surface area contributed by atoms with E-state index in [9.17, 15) is 39.4 Å². The van der Waals surface area contributed by atoms with Gasteiger partial charge in [0.15, 0.2) is 11.9 Å². The number of carbonyl (C=O) groups excluding carboxylic acids is 2. The zero-order chi connectivity index (χ0) is 23.1. The standard InChI is InChI=1S/C17H21FN2O11/c1-28-15(24)14-12(22)11(21)13(23)16(31-14)30-10-3-2-8(6-9(10)20(26)27)7-29-17(25)19-5-4-18/h2-3,6,11-14,16,21-23H,4-5,7H2,1H3,(H,19,25)/i18-1. The predicted octanol–water partition coefficient (Wildman–Crippen LogP) is -0.850. The molecule has 1 heterocycles. The van der Waals surface area contributed by atoms with Gasteiger partial charge in [-0.1, -0.05) is 6.07 Å². The number of hydrogen-bond donors (Lipinski definition) is 4. The first-order valence-corrected chi connectivity index (χ1v) is 8.87. The number of halogens is 1. The molecule has 1 aromatic rings. The maximum atomic E-state index is 12.0. The van der Waals surface area contributed by atoms with Crippen molar-refractivity contribution in [1.82, 2.24) is 5.32 Å². The fourth-order valence-electron chi connectivity index (χ4n) is 2.63. The molecule has 31 heavy (non-hydrogen) atoms. The minimum atomic E-state index is -1.86. The molecule has 4 N–H and O–H groups in total. The molecular formula is C17H21FN2O11. The molecule has 2 rings (SSSR count). The number of carbonyl (C=O) groups is 2. The van der Waals surface area contributed by atoms with E-state index in [1.165, 1.54) is 6.07 Å². The van der Waals surface area contributed by atoms with Gasteiger partial charge in [-0.3, -0.25) is 10.1 Å². The first-order chi connectivity index (χ1) is 14.7. The predicted molar refractivity (Wildman–Crippen MR) is 96.6 cm³/mol. The number of alkyl carbamates (subject to hydrolysis) is 1. The van der Waals surface area contributed by atoms with Gasteiger partial charge in [0, 0.05) is 12.6 Å². The van der Waals surface area contributed by atoms with Crippen molar-refractivity contribution in [2.24, 2.45) is 0 Å². The van der Waals surface area contributed by atoms with Gasteiger partial charge in [0.05, 0.1) is 12.0 Å². The number of aliphatic hydroxyl groups excluding tert-OH is 3. The van der Waals surface area contributed by atoms with Crippen molar-refractivity contribution < 1.29 is 53.2 Å². The molecule has 14 heteroatoms. The molecular weight excluding hydrogens is 426 g/mol. The highest BCUT2D eigenvalue weighted by Gasteiger charge is 2.48. The number of benzene rings is 1. The number of rotatable bonds is 8. The quantitative estimate of drug-likeness (QED) is 0.221. The molecule has 5 unspecified atom stereocenters. The molecule has 0 aromatic heterocycles. The third-order valence-corrected chi connectivity index (χ3v) is 4.20. The Morgan fingerprint density at radius 3 is 2.58 bits per heavy atom. The summed E-state index contributed by atoms with van der Waals surface area (Å²) in [6, 6.07) is 3.45. The van der Waals surface area contributed by atoms with Gasteiger partial charge in [-0.05, 0) is 11.6 Å². The lowest BCUT2D eigenvalue weighted by molar-refractivity contribution is -0.387. The van der Waals surface area contributed by atoms with E-state index in [0.29, 0.717) is 0 Å². The summed E-state index contributed by atoms with van der Waals surface area (Å²) in [5, 5.41) is 43.4. The lowest BCUT2D eigenvalue weighted by Gasteiger charge is -2.38. The van der Waals surface area contributed by atoms with Gasteiger partial charge >= 0.3 is 17.7 Å². The van der Waals surface area contributed by atoms with Crippen LogP contribution in [0, 0.1) is 10.1 Å². The van der Waals surface area contributed by atoms with Gasteiger partial charge in [0.2, 0.25) is 6.29 Å². The number of nitrogens with zero attached hydrogens (tertiary/aromatic N) is 1. The fraction of sp³-hybridized carbons (Fsp3) is 0.529. The lowest BCUT2D eigenvalue weighted by Crippen LogP contribution is -2.61. The van der Waals surface area contributed by atoms with Gasteiger partial charge in [-0.25, -0.2) is 14.0 Å². The molecule has 172 valence electrons. The van der Waals surface area contributed by atoms with Gasteiger partial charge < -0.3 is 39.6 Å². The highest BCUT2D eigenvalue weighted by Crippen LogP contribution is 2.32. The van der Waals surface area contributed by atoms with E-state index >= 15 is 0 Å². The van der Waals surface area contributed by atoms with Crippen LogP contribution in [-0.4, -0.2) is 83.3 Å². The Labute approximate surface area is 174 Å². The summed E-state index contributed by atoms with van der Waals surface area (Å²) < 4.78 is 31.7. The molecule has 1 amide bonds. The summed E-state index contributed by atoms with van der Waals surface area (Å²) in [7, 11) is 1.01. The topological polar surface area (TPSA) is 187 Å². The zero-order valence-electron chi connectivity index (χ0n) is 16.2. The molecule has 0 radical (unpaired) electrons. The van der Waals surface area contributed by atoms with E-state index in [1.54, 1.807) is 0 Å². The number of nitro benzene ring substituents is 1. The summed E-state index contributed by atoms with van der Waals surface area (Å²) in [6.45, 7) is -1.40. The van der Waals surface area contributed by atoms with Crippen LogP contribution in [-0.2, 0) is 25.6 Å². The van der Waals surface area contributed by atoms with E-state index in [1.807, 2.05) is 0 Å². The summed E-state index contributed by atoms with van der Waals surface area (Å²) in [5.41, 5.74) is -0.404. The van der Waals surface area contributed by atoms with Crippen molar-refractivity contribution in [3.63, 3.8) is 0 Å². The number of methoxy groups -OCH3 is 1. The van der Waals surface area contributed by atoms with Crippen LogP contribution in [0.2, 0.25) is 0 Å². The third kappa shape index (κ3) is 5.97. The van der Waals surface area contributed by atoms with Crippen LogP contribution in [0.25, 0.3) is 0 Å². The Kier molecular flexibility index (Phi) is 8.44. The molecule has 0 bridgehead atoms. The average Bonchev–Trinajstić information content (AvgIpc) is 2.76. The van der Waals surface area contributed by atoms with Gasteiger partial charge in [0.25, 0.3) is 0 Å². The number of esters is 1. The van der Waals surface area contributed by atoms with E-state index in [4.69, 9.17) is 14.2 Å². The van der Waals surface area contributed by atoms with Crippen molar-refractivity contribution in [2.45, 2.75) is 37.3 Å². The molecule has 1 aliphatic heterocycles. The normalized spacial score (nSPS) is 25.4. The largest absolute Gasteiger partial charge is 0.467 e. The van der Waals surface area contributed by atoms with E-state index in [0.717, 1.165) is 19.2 Å². The lowest BCUT2D eigenvalue weighted by atomic mass is 9.99. The summed E-state index contributed by atoms with van der Waals surface area (Å²) in [5.74, 6) is -1.45. The summed E-state index contributed by atoms with van der Waals surface area (Å²) >= 11 is 0. The van der Waals surface area contributed by atoms with Crippen molar-refractivity contribution >= 4 is 17.7 Å². The average molecular weight is 447 g/mol. The number of amides is 1. The Balaban J connectivity index is 2.17. The molecule has 1 aromatic carbocycles. The van der Waals surface area contributed by atoms with E-state index < -0.39 is 65.8 Å². The van der Waals surface area contributed by atoms with Crippen LogP contribution in [0.3, 0.4) is 0 Å².